The lowest BCUT2D eigenvalue weighted by Gasteiger charge is -2.19. The van der Waals surface area contributed by atoms with Crippen molar-refractivity contribution in [3.05, 3.63) is 41.2 Å². The van der Waals surface area contributed by atoms with Gasteiger partial charge in [0.05, 0.1) is 25.4 Å². The zero-order valence-electron chi connectivity index (χ0n) is 13.5. The fourth-order valence-electron chi connectivity index (χ4n) is 2.05. The maximum Gasteiger partial charge on any atom is 0.331 e. The Morgan fingerprint density at radius 2 is 2.12 bits per heavy atom. The number of rotatable bonds is 6. The molecule has 0 saturated heterocycles. The summed E-state index contributed by atoms with van der Waals surface area (Å²) in [5, 5.41) is 16.4. The smallest absolute Gasteiger partial charge is 0.331 e. The molecule has 24 heavy (non-hydrogen) atoms. The molecule has 0 aliphatic heterocycles. The highest BCUT2D eigenvalue weighted by atomic mass is 35.5. The van der Waals surface area contributed by atoms with E-state index >= 15 is 0 Å². The van der Waals surface area contributed by atoms with Gasteiger partial charge >= 0.3 is 5.97 Å². The van der Waals surface area contributed by atoms with Crippen LogP contribution in [0.1, 0.15) is 19.4 Å². The molecule has 0 atom stereocenters. The zero-order chi connectivity index (χ0) is 17.9. The first-order valence-corrected chi connectivity index (χ1v) is 7.52. The van der Waals surface area contributed by atoms with E-state index in [4.69, 9.17) is 16.3 Å². The van der Waals surface area contributed by atoms with E-state index in [1.807, 2.05) is 0 Å². The van der Waals surface area contributed by atoms with Gasteiger partial charge in [-0.15, -0.1) is 0 Å². The summed E-state index contributed by atoms with van der Waals surface area (Å²) in [6.45, 7) is 3.04. The summed E-state index contributed by atoms with van der Waals surface area (Å²) in [4.78, 5) is 23.4. The number of nitrogens with zero attached hydrogens (tertiary/aromatic N) is 2. The quantitative estimate of drug-likeness (QED) is 0.834. The standard InChI is InChI=1S/C16H18ClN3O4/c1-16(2,15(22)23)20-9-12(8-18-20)19-14(21)7-10-6-11(17)4-5-13(10)24-3/h4-6,8-9H,7H2,1-3H3,(H,19,21)(H,22,23). The molecular formula is C16H18ClN3O4. The largest absolute Gasteiger partial charge is 0.496 e. The molecule has 1 heterocycles. The first kappa shape index (κ1) is 17.8. The number of ether oxygens (including phenoxy) is 1. The van der Waals surface area contributed by atoms with Gasteiger partial charge in [0.15, 0.2) is 5.54 Å². The zero-order valence-corrected chi connectivity index (χ0v) is 14.3. The van der Waals surface area contributed by atoms with Gasteiger partial charge in [-0.25, -0.2) is 4.79 Å². The van der Waals surface area contributed by atoms with Crippen molar-refractivity contribution in [3.63, 3.8) is 0 Å². The molecule has 2 N–H and O–H groups in total. The van der Waals surface area contributed by atoms with Gasteiger partial charge in [0.25, 0.3) is 0 Å². The van der Waals surface area contributed by atoms with E-state index < -0.39 is 11.5 Å². The van der Waals surface area contributed by atoms with Gasteiger partial charge in [0, 0.05) is 16.8 Å². The molecule has 0 fully saturated rings. The molecule has 2 aromatic rings. The fraction of sp³-hybridized carbons (Fsp3) is 0.312. The molecule has 0 aliphatic carbocycles. The normalized spacial score (nSPS) is 11.2. The Morgan fingerprint density at radius 1 is 1.42 bits per heavy atom. The summed E-state index contributed by atoms with van der Waals surface area (Å²) in [6, 6.07) is 5.04. The number of aromatic nitrogens is 2. The lowest BCUT2D eigenvalue weighted by molar-refractivity contribution is -0.146. The van der Waals surface area contributed by atoms with Crippen LogP contribution >= 0.6 is 11.6 Å². The highest BCUT2D eigenvalue weighted by Crippen LogP contribution is 2.23. The summed E-state index contributed by atoms with van der Waals surface area (Å²) >= 11 is 5.94. The maximum atomic E-state index is 12.2. The number of methoxy groups -OCH3 is 1. The molecule has 8 heteroatoms. The Balaban J connectivity index is 2.10. The molecule has 0 saturated carbocycles. The van der Waals surface area contributed by atoms with Crippen molar-refractivity contribution in [2.75, 3.05) is 12.4 Å². The van der Waals surface area contributed by atoms with Crippen LogP contribution in [0.2, 0.25) is 5.02 Å². The highest BCUT2D eigenvalue weighted by molar-refractivity contribution is 6.30. The second kappa shape index (κ2) is 6.92. The number of carboxylic acids is 1. The minimum absolute atomic E-state index is 0.0667. The van der Waals surface area contributed by atoms with Crippen LogP contribution < -0.4 is 10.1 Å². The number of nitrogens with one attached hydrogen (secondary N) is 1. The van der Waals surface area contributed by atoms with Crippen molar-refractivity contribution in [2.45, 2.75) is 25.8 Å². The SMILES string of the molecule is COc1ccc(Cl)cc1CC(=O)Nc1cnn(C(C)(C)C(=O)O)c1. The number of carbonyl (C=O) groups is 2. The Morgan fingerprint density at radius 3 is 2.75 bits per heavy atom. The number of halogens is 1. The van der Waals surface area contributed by atoms with Crippen LogP contribution in [0.5, 0.6) is 5.75 Å². The average Bonchev–Trinajstić information content (AvgIpc) is 2.96. The molecule has 0 aliphatic rings. The van der Waals surface area contributed by atoms with E-state index in [2.05, 4.69) is 10.4 Å². The van der Waals surface area contributed by atoms with Crippen molar-refractivity contribution >= 4 is 29.2 Å². The first-order valence-electron chi connectivity index (χ1n) is 7.15. The molecule has 1 aromatic heterocycles. The van der Waals surface area contributed by atoms with Crippen molar-refractivity contribution in [1.82, 2.24) is 9.78 Å². The van der Waals surface area contributed by atoms with E-state index in [0.29, 0.717) is 22.0 Å². The lowest BCUT2D eigenvalue weighted by Crippen LogP contribution is -2.35. The van der Waals surface area contributed by atoms with Crippen LogP contribution in [0, 0.1) is 0 Å². The molecule has 2 rings (SSSR count). The van der Waals surface area contributed by atoms with Gasteiger partial charge < -0.3 is 15.2 Å². The molecular weight excluding hydrogens is 334 g/mol. The van der Waals surface area contributed by atoms with Crippen LogP contribution in [0.25, 0.3) is 0 Å². The van der Waals surface area contributed by atoms with Crippen molar-refractivity contribution < 1.29 is 19.4 Å². The topological polar surface area (TPSA) is 93.5 Å². The summed E-state index contributed by atoms with van der Waals surface area (Å²) in [7, 11) is 1.52. The number of hydrogen-bond acceptors (Lipinski definition) is 4. The molecule has 128 valence electrons. The molecule has 7 nitrogen and oxygen atoms in total. The number of hydrogen-bond donors (Lipinski definition) is 2. The van der Waals surface area contributed by atoms with Crippen molar-refractivity contribution in [2.24, 2.45) is 0 Å². The first-order chi connectivity index (χ1) is 11.2. The van der Waals surface area contributed by atoms with Crippen LogP contribution in [0.15, 0.2) is 30.6 Å². The molecule has 1 aromatic carbocycles. The van der Waals surface area contributed by atoms with Gasteiger partial charge in [-0.3, -0.25) is 9.48 Å². The summed E-state index contributed by atoms with van der Waals surface area (Å²) in [6.07, 6.45) is 2.94. The molecule has 0 unspecified atom stereocenters. The number of anilines is 1. The van der Waals surface area contributed by atoms with E-state index in [1.165, 1.54) is 38.0 Å². The van der Waals surface area contributed by atoms with Gasteiger partial charge in [-0.05, 0) is 32.0 Å². The summed E-state index contributed by atoms with van der Waals surface area (Å²) in [5.74, 6) is -0.743. The Labute approximate surface area is 144 Å². The van der Waals surface area contributed by atoms with Crippen molar-refractivity contribution in [1.29, 1.82) is 0 Å². The lowest BCUT2D eigenvalue weighted by atomic mass is 10.1. The number of carbonyl (C=O) groups excluding carboxylic acids is 1. The average molecular weight is 352 g/mol. The van der Waals surface area contributed by atoms with Gasteiger partial charge in [-0.1, -0.05) is 11.6 Å². The molecule has 0 radical (unpaired) electrons. The third-order valence-corrected chi connectivity index (χ3v) is 3.79. The van der Waals surface area contributed by atoms with Crippen LogP contribution in [-0.2, 0) is 21.5 Å². The Kier molecular flexibility index (Phi) is 5.14. The molecule has 0 spiro atoms. The van der Waals surface area contributed by atoms with Crippen LogP contribution in [-0.4, -0.2) is 33.9 Å². The van der Waals surface area contributed by atoms with E-state index in [-0.39, 0.29) is 12.3 Å². The molecule has 0 bridgehead atoms. The van der Waals surface area contributed by atoms with Crippen LogP contribution in [0.3, 0.4) is 0 Å². The van der Waals surface area contributed by atoms with Crippen molar-refractivity contribution in [3.8, 4) is 5.75 Å². The second-order valence-corrected chi connectivity index (χ2v) is 6.16. The monoisotopic (exact) mass is 351 g/mol. The fourth-order valence-corrected chi connectivity index (χ4v) is 2.25. The Hall–Kier alpha value is -2.54. The van der Waals surface area contributed by atoms with Crippen LogP contribution in [0.4, 0.5) is 5.69 Å². The third kappa shape index (κ3) is 3.86. The predicted molar refractivity (Wildman–Crippen MR) is 89.5 cm³/mol. The third-order valence-electron chi connectivity index (χ3n) is 3.56. The van der Waals surface area contributed by atoms with E-state index in [0.717, 1.165) is 0 Å². The second-order valence-electron chi connectivity index (χ2n) is 5.72. The van der Waals surface area contributed by atoms with Gasteiger partial charge in [-0.2, -0.15) is 5.10 Å². The minimum Gasteiger partial charge on any atom is -0.496 e. The number of amides is 1. The minimum atomic E-state index is -1.21. The number of benzene rings is 1. The maximum absolute atomic E-state index is 12.2. The van der Waals surface area contributed by atoms with Gasteiger partial charge in [0.1, 0.15) is 5.75 Å². The van der Waals surface area contributed by atoms with E-state index in [9.17, 15) is 14.7 Å². The molecule has 1 amide bonds. The van der Waals surface area contributed by atoms with Gasteiger partial charge in [0.2, 0.25) is 5.91 Å². The predicted octanol–water partition coefficient (Wildman–Crippen LogP) is 2.55. The number of aliphatic carboxylic acids is 1. The summed E-state index contributed by atoms with van der Waals surface area (Å²) < 4.78 is 6.49. The van der Waals surface area contributed by atoms with E-state index in [1.54, 1.807) is 18.2 Å². The summed E-state index contributed by atoms with van der Waals surface area (Å²) in [5.41, 5.74) is -0.143. The highest BCUT2D eigenvalue weighted by Gasteiger charge is 2.30. The number of carboxylic acid groups (broad SMARTS) is 1. The Bertz CT molecular complexity index is 770.